The van der Waals surface area contributed by atoms with E-state index >= 15 is 0 Å². The van der Waals surface area contributed by atoms with Crippen LogP contribution in [0.3, 0.4) is 0 Å². The third kappa shape index (κ3) is 5.05. The highest BCUT2D eigenvalue weighted by Crippen LogP contribution is 2.24. The van der Waals surface area contributed by atoms with Gasteiger partial charge in [-0.15, -0.1) is 0 Å². The summed E-state index contributed by atoms with van der Waals surface area (Å²) >= 11 is 0. The van der Waals surface area contributed by atoms with Gasteiger partial charge in [-0.25, -0.2) is 4.39 Å². The number of amides is 1. The van der Waals surface area contributed by atoms with Crippen LogP contribution >= 0.6 is 0 Å². The number of carbonyl (C=O) groups excluding carboxylic acids is 1. The van der Waals surface area contributed by atoms with Crippen LogP contribution in [0.5, 0.6) is 5.75 Å². The third-order valence-electron chi connectivity index (χ3n) is 4.70. The highest BCUT2D eigenvalue weighted by Gasteiger charge is 2.35. The van der Waals surface area contributed by atoms with Gasteiger partial charge in [-0.3, -0.25) is 4.79 Å². The second kappa shape index (κ2) is 8.32. The first kappa shape index (κ1) is 18.4. The molecule has 4 nitrogen and oxygen atoms in total. The van der Waals surface area contributed by atoms with Gasteiger partial charge in [-0.05, 0) is 49.1 Å². The van der Waals surface area contributed by atoms with E-state index in [-0.39, 0.29) is 24.9 Å². The number of aliphatic hydroxyl groups is 1. The van der Waals surface area contributed by atoms with E-state index in [2.05, 4.69) is 0 Å². The monoisotopic (exact) mass is 357 g/mol. The lowest BCUT2D eigenvalue weighted by molar-refractivity contribution is -0.140. The molecule has 0 spiro atoms. The first-order valence-corrected chi connectivity index (χ1v) is 8.97. The van der Waals surface area contributed by atoms with Crippen LogP contribution < -0.4 is 4.74 Å². The van der Waals surface area contributed by atoms with Gasteiger partial charge in [0.15, 0.2) is 0 Å². The number of carbonyl (C=O) groups is 1. The van der Waals surface area contributed by atoms with Crippen molar-refractivity contribution in [1.29, 1.82) is 0 Å². The maximum absolute atomic E-state index is 12.9. The van der Waals surface area contributed by atoms with E-state index in [9.17, 15) is 14.3 Å². The largest absolute Gasteiger partial charge is 0.491 e. The predicted molar refractivity (Wildman–Crippen MR) is 97.4 cm³/mol. The van der Waals surface area contributed by atoms with Crippen molar-refractivity contribution in [3.05, 3.63) is 66.0 Å². The lowest BCUT2D eigenvalue weighted by Gasteiger charge is -2.39. The molecule has 2 aromatic carbocycles. The molecule has 1 aliphatic heterocycles. The molecule has 1 atom stereocenters. The van der Waals surface area contributed by atoms with Gasteiger partial charge >= 0.3 is 0 Å². The SMILES string of the molecule is O=C(CCc1ccccc1)N1CCCC(O)(COc2ccc(F)cc2)C1. The predicted octanol–water partition coefficient (Wildman–Crippen LogP) is 3.19. The number of nitrogens with zero attached hydrogens (tertiary/aromatic N) is 1. The Labute approximate surface area is 153 Å². The van der Waals surface area contributed by atoms with Gasteiger partial charge in [0.1, 0.15) is 23.8 Å². The average molecular weight is 357 g/mol. The van der Waals surface area contributed by atoms with Gasteiger partial charge in [0, 0.05) is 13.0 Å². The molecule has 0 radical (unpaired) electrons. The quantitative estimate of drug-likeness (QED) is 0.864. The molecule has 1 heterocycles. The number of aryl methyl sites for hydroxylation is 1. The van der Waals surface area contributed by atoms with Crippen molar-refractivity contribution in [2.45, 2.75) is 31.3 Å². The third-order valence-corrected chi connectivity index (χ3v) is 4.70. The fraction of sp³-hybridized carbons (Fsp3) is 0.381. The van der Waals surface area contributed by atoms with E-state index in [1.165, 1.54) is 24.3 Å². The van der Waals surface area contributed by atoms with Gasteiger partial charge < -0.3 is 14.7 Å². The maximum atomic E-state index is 12.9. The number of hydrogen-bond donors (Lipinski definition) is 1. The summed E-state index contributed by atoms with van der Waals surface area (Å²) in [6.45, 7) is 1.01. The Morgan fingerprint density at radius 1 is 1.15 bits per heavy atom. The molecule has 1 aliphatic rings. The summed E-state index contributed by atoms with van der Waals surface area (Å²) in [6.07, 6.45) is 2.44. The van der Waals surface area contributed by atoms with Crippen LogP contribution in [0.25, 0.3) is 0 Å². The van der Waals surface area contributed by atoms with Gasteiger partial charge in [0.2, 0.25) is 5.91 Å². The summed E-state index contributed by atoms with van der Waals surface area (Å²) in [7, 11) is 0. The summed E-state index contributed by atoms with van der Waals surface area (Å²) in [4.78, 5) is 14.2. The Morgan fingerprint density at radius 2 is 1.88 bits per heavy atom. The van der Waals surface area contributed by atoms with E-state index < -0.39 is 5.60 Å². The standard InChI is InChI=1S/C21H24FNO3/c22-18-8-10-19(11-9-18)26-16-21(25)13-4-14-23(15-21)20(24)12-7-17-5-2-1-3-6-17/h1-3,5-6,8-11,25H,4,7,12-16H2. The van der Waals surface area contributed by atoms with Crippen molar-refractivity contribution >= 4 is 5.91 Å². The molecule has 3 rings (SSSR count). The molecule has 0 aliphatic carbocycles. The molecular formula is C21H24FNO3. The normalized spacial score (nSPS) is 20.0. The Morgan fingerprint density at radius 3 is 2.62 bits per heavy atom. The average Bonchev–Trinajstić information content (AvgIpc) is 2.66. The van der Waals surface area contributed by atoms with Crippen molar-refractivity contribution < 1.29 is 19.0 Å². The maximum Gasteiger partial charge on any atom is 0.223 e. The number of rotatable bonds is 6. The van der Waals surface area contributed by atoms with E-state index in [1.54, 1.807) is 4.90 Å². The van der Waals surface area contributed by atoms with E-state index in [1.807, 2.05) is 30.3 Å². The van der Waals surface area contributed by atoms with Crippen LogP contribution in [0.4, 0.5) is 4.39 Å². The fourth-order valence-corrected chi connectivity index (χ4v) is 3.25. The summed E-state index contributed by atoms with van der Waals surface area (Å²) in [5, 5.41) is 10.8. The second-order valence-corrected chi connectivity index (χ2v) is 6.87. The number of ether oxygens (including phenoxy) is 1. The summed E-state index contributed by atoms with van der Waals surface area (Å²) in [5.74, 6) is 0.227. The van der Waals surface area contributed by atoms with Crippen LogP contribution in [0.15, 0.2) is 54.6 Å². The zero-order valence-electron chi connectivity index (χ0n) is 14.7. The van der Waals surface area contributed by atoms with Crippen molar-refractivity contribution in [2.24, 2.45) is 0 Å². The minimum absolute atomic E-state index is 0.0498. The van der Waals surface area contributed by atoms with Gasteiger partial charge in [0.25, 0.3) is 0 Å². The van der Waals surface area contributed by atoms with Crippen molar-refractivity contribution in [2.75, 3.05) is 19.7 Å². The summed E-state index contributed by atoms with van der Waals surface area (Å²) in [6, 6.07) is 15.6. The molecule has 2 aromatic rings. The number of benzene rings is 2. The molecule has 138 valence electrons. The minimum atomic E-state index is -1.07. The molecule has 26 heavy (non-hydrogen) atoms. The topological polar surface area (TPSA) is 49.8 Å². The number of piperidine rings is 1. The van der Waals surface area contributed by atoms with Crippen LogP contribution in [-0.4, -0.2) is 41.2 Å². The van der Waals surface area contributed by atoms with Crippen molar-refractivity contribution in [3.63, 3.8) is 0 Å². The molecule has 1 N–H and O–H groups in total. The lowest BCUT2D eigenvalue weighted by Crippen LogP contribution is -2.53. The van der Waals surface area contributed by atoms with Gasteiger partial charge in [0.05, 0.1) is 6.54 Å². The molecule has 1 amide bonds. The van der Waals surface area contributed by atoms with E-state index in [4.69, 9.17) is 4.74 Å². The smallest absolute Gasteiger partial charge is 0.223 e. The molecule has 0 aromatic heterocycles. The Balaban J connectivity index is 1.52. The van der Waals surface area contributed by atoms with Crippen LogP contribution in [0, 0.1) is 5.82 Å². The zero-order valence-corrected chi connectivity index (χ0v) is 14.7. The first-order valence-electron chi connectivity index (χ1n) is 8.97. The van der Waals surface area contributed by atoms with Crippen molar-refractivity contribution in [3.8, 4) is 5.75 Å². The lowest BCUT2D eigenvalue weighted by atomic mass is 9.93. The number of β-amino-alcohol motifs (C(OH)–C–C–N with tert-alkyl or cyclic N) is 1. The first-order chi connectivity index (χ1) is 12.5. The van der Waals surface area contributed by atoms with Crippen LogP contribution in [0.1, 0.15) is 24.8 Å². The van der Waals surface area contributed by atoms with E-state index in [0.29, 0.717) is 31.6 Å². The van der Waals surface area contributed by atoms with Crippen molar-refractivity contribution in [1.82, 2.24) is 4.90 Å². The Kier molecular flexibility index (Phi) is 5.89. The summed E-state index contributed by atoms with van der Waals surface area (Å²) < 4.78 is 18.5. The van der Waals surface area contributed by atoms with Crippen LogP contribution in [-0.2, 0) is 11.2 Å². The van der Waals surface area contributed by atoms with E-state index in [0.717, 1.165) is 12.0 Å². The fourth-order valence-electron chi connectivity index (χ4n) is 3.25. The molecule has 1 unspecified atom stereocenters. The Hall–Kier alpha value is -2.40. The highest BCUT2D eigenvalue weighted by atomic mass is 19.1. The molecule has 1 saturated heterocycles. The highest BCUT2D eigenvalue weighted by molar-refractivity contribution is 5.76. The molecule has 0 bridgehead atoms. The molecule has 1 fully saturated rings. The number of likely N-dealkylation sites (tertiary alicyclic amines) is 1. The molecular weight excluding hydrogens is 333 g/mol. The molecule has 0 saturated carbocycles. The number of halogens is 1. The van der Waals surface area contributed by atoms with Gasteiger partial charge in [-0.1, -0.05) is 30.3 Å². The molecule has 5 heteroatoms. The zero-order chi connectivity index (χ0) is 18.4. The Bertz CT molecular complexity index is 720. The second-order valence-electron chi connectivity index (χ2n) is 6.87. The minimum Gasteiger partial charge on any atom is -0.491 e. The number of hydrogen-bond acceptors (Lipinski definition) is 3. The summed E-state index contributed by atoms with van der Waals surface area (Å²) in [5.41, 5.74) is 0.0578. The van der Waals surface area contributed by atoms with Gasteiger partial charge in [-0.2, -0.15) is 0 Å². The van der Waals surface area contributed by atoms with Crippen LogP contribution in [0.2, 0.25) is 0 Å².